The van der Waals surface area contributed by atoms with Crippen LogP contribution in [0, 0.1) is 16.0 Å². The molecule has 6 nitrogen and oxygen atoms in total. The van der Waals surface area contributed by atoms with Crippen molar-refractivity contribution >= 4 is 17.8 Å². The van der Waals surface area contributed by atoms with Gasteiger partial charge in [-0.15, -0.1) is 0 Å². The monoisotopic (exact) mass is 275 g/mol. The van der Waals surface area contributed by atoms with Gasteiger partial charge in [-0.2, -0.15) is 5.10 Å². The van der Waals surface area contributed by atoms with Crippen molar-refractivity contribution in [1.82, 2.24) is 5.43 Å². The molecule has 0 radical (unpaired) electrons. The first-order valence-electron chi connectivity index (χ1n) is 6.75. The average Bonchev–Trinajstić information content (AvgIpc) is 2.48. The summed E-state index contributed by atoms with van der Waals surface area (Å²) in [5.41, 5.74) is 2.55. The molecule has 1 fully saturated rings. The Kier molecular flexibility index (Phi) is 4.81. The zero-order valence-corrected chi connectivity index (χ0v) is 11.1. The lowest BCUT2D eigenvalue weighted by molar-refractivity contribution is -0.384. The van der Waals surface area contributed by atoms with Gasteiger partial charge in [0.25, 0.3) is 11.6 Å². The molecule has 0 aromatic heterocycles. The average molecular weight is 275 g/mol. The van der Waals surface area contributed by atoms with Crippen LogP contribution in [-0.4, -0.2) is 17.0 Å². The molecule has 1 aromatic rings. The van der Waals surface area contributed by atoms with Gasteiger partial charge in [0, 0.05) is 23.9 Å². The lowest BCUT2D eigenvalue weighted by Crippen LogP contribution is -2.19. The van der Waals surface area contributed by atoms with Crippen molar-refractivity contribution < 1.29 is 9.72 Å². The van der Waals surface area contributed by atoms with Crippen LogP contribution in [0.3, 0.4) is 0 Å². The molecule has 0 atom stereocenters. The summed E-state index contributed by atoms with van der Waals surface area (Å²) < 4.78 is 0. The minimum Gasteiger partial charge on any atom is -0.267 e. The lowest BCUT2D eigenvalue weighted by atomic mass is 9.90. The van der Waals surface area contributed by atoms with E-state index in [4.69, 9.17) is 0 Å². The SMILES string of the molecule is O=C(NN=CC1CCCCC1)c1cccc([N+](=O)[O-])c1. The number of nitro groups is 1. The van der Waals surface area contributed by atoms with Crippen LogP contribution in [0.1, 0.15) is 42.5 Å². The molecule has 0 aliphatic heterocycles. The van der Waals surface area contributed by atoms with E-state index in [9.17, 15) is 14.9 Å². The lowest BCUT2D eigenvalue weighted by Gasteiger charge is -2.16. The second-order valence-electron chi connectivity index (χ2n) is 4.92. The van der Waals surface area contributed by atoms with Crippen LogP contribution < -0.4 is 5.43 Å². The molecule has 1 aliphatic rings. The van der Waals surface area contributed by atoms with E-state index in [1.54, 1.807) is 6.21 Å². The van der Waals surface area contributed by atoms with Crippen molar-refractivity contribution in [2.75, 3.05) is 0 Å². The van der Waals surface area contributed by atoms with E-state index in [0.717, 1.165) is 12.8 Å². The van der Waals surface area contributed by atoms with Gasteiger partial charge in [-0.1, -0.05) is 25.3 Å². The number of rotatable bonds is 4. The van der Waals surface area contributed by atoms with Crippen LogP contribution >= 0.6 is 0 Å². The van der Waals surface area contributed by atoms with Crippen molar-refractivity contribution in [2.24, 2.45) is 11.0 Å². The summed E-state index contributed by atoms with van der Waals surface area (Å²) in [5.74, 6) is -0.00470. The van der Waals surface area contributed by atoms with Gasteiger partial charge in [0.2, 0.25) is 0 Å². The Labute approximate surface area is 117 Å². The van der Waals surface area contributed by atoms with Gasteiger partial charge in [0.1, 0.15) is 0 Å². The quantitative estimate of drug-likeness (QED) is 0.521. The van der Waals surface area contributed by atoms with Crippen LogP contribution in [0.15, 0.2) is 29.4 Å². The van der Waals surface area contributed by atoms with E-state index in [2.05, 4.69) is 10.5 Å². The Bertz CT molecular complexity index is 522. The Balaban J connectivity index is 1.92. The first kappa shape index (κ1) is 14.2. The van der Waals surface area contributed by atoms with E-state index < -0.39 is 10.8 Å². The normalized spacial score (nSPS) is 16.2. The molecule has 0 unspecified atom stereocenters. The molecule has 106 valence electrons. The van der Waals surface area contributed by atoms with Gasteiger partial charge in [0.15, 0.2) is 0 Å². The third-order valence-corrected chi connectivity index (χ3v) is 3.42. The molecule has 1 aliphatic carbocycles. The largest absolute Gasteiger partial charge is 0.271 e. The number of hydrazone groups is 1. The smallest absolute Gasteiger partial charge is 0.267 e. The Hall–Kier alpha value is -2.24. The number of hydrogen-bond donors (Lipinski definition) is 1. The van der Waals surface area contributed by atoms with Crippen LogP contribution in [-0.2, 0) is 0 Å². The van der Waals surface area contributed by atoms with Crippen LogP contribution in [0.25, 0.3) is 0 Å². The standard InChI is InChI=1S/C14H17N3O3/c18-14(12-7-4-8-13(9-12)17(19)20)16-15-10-11-5-2-1-3-6-11/h4,7-11H,1-3,5-6H2,(H,16,18). The van der Waals surface area contributed by atoms with E-state index in [1.165, 1.54) is 43.5 Å². The first-order valence-corrected chi connectivity index (χ1v) is 6.75. The number of hydrogen-bond acceptors (Lipinski definition) is 4. The highest BCUT2D eigenvalue weighted by atomic mass is 16.6. The van der Waals surface area contributed by atoms with Crippen molar-refractivity contribution in [3.63, 3.8) is 0 Å². The van der Waals surface area contributed by atoms with Gasteiger partial charge in [0.05, 0.1) is 4.92 Å². The summed E-state index contributed by atoms with van der Waals surface area (Å²) >= 11 is 0. The highest BCUT2D eigenvalue weighted by Crippen LogP contribution is 2.21. The topological polar surface area (TPSA) is 84.6 Å². The minimum absolute atomic E-state index is 0.103. The van der Waals surface area contributed by atoms with Gasteiger partial charge in [-0.05, 0) is 24.8 Å². The number of benzene rings is 1. The second-order valence-corrected chi connectivity index (χ2v) is 4.92. The fraction of sp³-hybridized carbons (Fsp3) is 0.429. The molecule has 0 saturated heterocycles. The summed E-state index contributed by atoms with van der Waals surface area (Å²) in [6.07, 6.45) is 7.66. The van der Waals surface area contributed by atoms with Gasteiger partial charge in [-0.25, -0.2) is 5.43 Å². The zero-order valence-electron chi connectivity index (χ0n) is 11.1. The molecule has 0 heterocycles. The van der Waals surface area contributed by atoms with Crippen molar-refractivity contribution in [2.45, 2.75) is 32.1 Å². The summed E-state index contributed by atoms with van der Waals surface area (Å²) in [4.78, 5) is 21.9. The Morgan fingerprint density at radius 2 is 2.10 bits per heavy atom. The highest BCUT2D eigenvalue weighted by Gasteiger charge is 2.12. The molecule has 20 heavy (non-hydrogen) atoms. The van der Waals surface area contributed by atoms with Crippen molar-refractivity contribution in [3.05, 3.63) is 39.9 Å². The third kappa shape index (κ3) is 3.88. The number of carbonyl (C=O) groups is 1. The third-order valence-electron chi connectivity index (χ3n) is 3.42. The molecule has 1 N–H and O–H groups in total. The van der Waals surface area contributed by atoms with Crippen LogP contribution in [0.2, 0.25) is 0 Å². The number of nitrogens with one attached hydrogen (secondary N) is 1. The summed E-state index contributed by atoms with van der Waals surface area (Å²) in [5, 5.41) is 14.6. The predicted molar refractivity (Wildman–Crippen MR) is 75.6 cm³/mol. The molecule has 0 spiro atoms. The summed E-state index contributed by atoms with van der Waals surface area (Å²) in [6.45, 7) is 0. The molecule has 1 amide bonds. The van der Waals surface area contributed by atoms with E-state index in [-0.39, 0.29) is 11.3 Å². The first-order chi connectivity index (χ1) is 9.66. The van der Waals surface area contributed by atoms with Gasteiger partial charge >= 0.3 is 0 Å². The molecule has 2 rings (SSSR count). The summed E-state index contributed by atoms with van der Waals surface area (Å²) in [7, 11) is 0. The number of nitro benzene ring substituents is 1. The van der Waals surface area contributed by atoms with Crippen molar-refractivity contribution in [3.8, 4) is 0 Å². The molecule has 1 aromatic carbocycles. The molecule has 1 saturated carbocycles. The Morgan fingerprint density at radius 1 is 1.35 bits per heavy atom. The number of nitrogens with zero attached hydrogens (tertiary/aromatic N) is 2. The maximum atomic E-state index is 11.8. The maximum absolute atomic E-state index is 11.8. The van der Waals surface area contributed by atoms with Crippen molar-refractivity contribution in [1.29, 1.82) is 0 Å². The molecular formula is C14H17N3O3. The molecule has 0 bridgehead atoms. The molecular weight excluding hydrogens is 258 g/mol. The van der Waals surface area contributed by atoms with E-state index in [0.29, 0.717) is 5.92 Å². The van der Waals surface area contributed by atoms with E-state index in [1.807, 2.05) is 0 Å². The van der Waals surface area contributed by atoms with Crippen LogP contribution in [0.5, 0.6) is 0 Å². The number of non-ortho nitro benzene ring substituents is 1. The Morgan fingerprint density at radius 3 is 2.80 bits per heavy atom. The predicted octanol–water partition coefficient (Wildman–Crippen LogP) is 2.89. The van der Waals surface area contributed by atoms with E-state index >= 15 is 0 Å². The zero-order chi connectivity index (χ0) is 14.4. The summed E-state index contributed by atoms with van der Waals surface area (Å²) in [6, 6.07) is 5.60. The van der Waals surface area contributed by atoms with Gasteiger partial charge in [-0.3, -0.25) is 14.9 Å². The minimum atomic E-state index is -0.526. The van der Waals surface area contributed by atoms with Gasteiger partial charge < -0.3 is 0 Å². The molecule has 6 heteroatoms. The fourth-order valence-corrected chi connectivity index (χ4v) is 2.31. The van der Waals surface area contributed by atoms with Crippen LogP contribution in [0.4, 0.5) is 5.69 Å². The maximum Gasteiger partial charge on any atom is 0.271 e. The number of amides is 1. The highest BCUT2D eigenvalue weighted by molar-refractivity contribution is 5.94. The second kappa shape index (κ2) is 6.79. The fourth-order valence-electron chi connectivity index (χ4n) is 2.31. The number of carbonyl (C=O) groups excluding carboxylic acids is 1.